The Morgan fingerprint density at radius 1 is 1.11 bits per heavy atom. The average Bonchev–Trinajstić information content (AvgIpc) is 2.82. The summed E-state index contributed by atoms with van der Waals surface area (Å²) in [5.74, 6) is 0. The lowest BCUT2D eigenvalue weighted by Gasteiger charge is -1.99. The maximum atomic E-state index is 4.39. The first-order chi connectivity index (χ1) is 8.83. The van der Waals surface area contributed by atoms with Crippen LogP contribution in [0, 0.1) is 0 Å². The van der Waals surface area contributed by atoms with Crippen molar-refractivity contribution in [2.24, 2.45) is 7.05 Å². The van der Waals surface area contributed by atoms with Crippen LogP contribution in [-0.4, -0.2) is 20.0 Å². The van der Waals surface area contributed by atoms with E-state index in [2.05, 4.69) is 27.4 Å². The van der Waals surface area contributed by atoms with Gasteiger partial charge < -0.3 is 0 Å². The maximum absolute atomic E-state index is 4.39. The van der Waals surface area contributed by atoms with E-state index in [1.165, 1.54) is 5.39 Å². The molecule has 0 saturated carbocycles. The third-order valence-corrected chi connectivity index (χ3v) is 2.74. The molecule has 0 atom stereocenters. The summed E-state index contributed by atoms with van der Waals surface area (Å²) in [6.07, 6.45) is 7.56. The molecule has 1 aromatic carbocycles. The number of benzene rings is 1. The Morgan fingerprint density at radius 2 is 2.00 bits per heavy atom. The van der Waals surface area contributed by atoms with E-state index in [4.69, 9.17) is 0 Å². The van der Waals surface area contributed by atoms with Crippen molar-refractivity contribution in [3.05, 3.63) is 54.1 Å². The molecule has 0 aliphatic carbocycles. The van der Waals surface area contributed by atoms with Crippen molar-refractivity contribution in [1.29, 1.82) is 0 Å². The minimum Gasteiger partial charge on any atom is -0.256 e. The van der Waals surface area contributed by atoms with Crippen molar-refractivity contribution in [3.8, 4) is 0 Å². The Hall–Kier alpha value is -2.49. The molecule has 0 radical (unpaired) electrons. The number of fused-ring (bicyclic) bond motifs is 1. The van der Waals surface area contributed by atoms with E-state index >= 15 is 0 Å². The molecular formula is C14H12N4. The quantitative estimate of drug-likeness (QED) is 0.686. The van der Waals surface area contributed by atoms with Crippen LogP contribution in [0.1, 0.15) is 11.4 Å². The van der Waals surface area contributed by atoms with E-state index < -0.39 is 0 Å². The lowest BCUT2D eigenvalue weighted by Crippen LogP contribution is -1.85. The Bertz CT molecular complexity index is 707. The summed E-state index contributed by atoms with van der Waals surface area (Å²) in [6, 6.07) is 10.2. The third kappa shape index (κ3) is 2.00. The summed E-state index contributed by atoms with van der Waals surface area (Å²) in [7, 11) is 1.85. The van der Waals surface area contributed by atoms with Crippen molar-refractivity contribution < 1.29 is 0 Å². The van der Waals surface area contributed by atoms with Crippen molar-refractivity contribution in [1.82, 2.24) is 20.0 Å². The van der Waals surface area contributed by atoms with Gasteiger partial charge in [0.1, 0.15) is 5.69 Å². The molecular weight excluding hydrogens is 224 g/mol. The average molecular weight is 236 g/mol. The summed E-state index contributed by atoms with van der Waals surface area (Å²) in [6.45, 7) is 0. The van der Waals surface area contributed by atoms with Gasteiger partial charge in [0.05, 0.1) is 11.9 Å². The van der Waals surface area contributed by atoms with Crippen LogP contribution >= 0.6 is 0 Å². The highest BCUT2D eigenvalue weighted by Gasteiger charge is 1.98. The third-order valence-electron chi connectivity index (χ3n) is 2.74. The zero-order valence-electron chi connectivity index (χ0n) is 9.99. The minimum atomic E-state index is 0.826. The number of pyridine rings is 1. The van der Waals surface area contributed by atoms with Crippen LogP contribution < -0.4 is 0 Å². The summed E-state index contributed by atoms with van der Waals surface area (Å²) >= 11 is 0. The van der Waals surface area contributed by atoms with E-state index in [1.807, 2.05) is 49.8 Å². The van der Waals surface area contributed by atoms with Crippen molar-refractivity contribution >= 4 is 22.9 Å². The SMILES string of the molecule is Cn1cc(/C=C/c2nccc3ccccc23)nn1. The van der Waals surface area contributed by atoms with Crippen LogP contribution in [0.25, 0.3) is 22.9 Å². The molecule has 4 heteroatoms. The van der Waals surface area contributed by atoms with Gasteiger partial charge in [-0.25, -0.2) is 0 Å². The fourth-order valence-corrected chi connectivity index (χ4v) is 1.88. The molecule has 3 aromatic rings. The lowest BCUT2D eigenvalue weighted by atomic mass is 10.1. The maximum Gasteiger partial charge on any atom is 0.105 e. The van der Waals surface area contributed by atoms with Crippen molar-refractivity contribution in [2.45, 2.75) is 0 Å². The molecule has 0 fully saturated rings. The summed E-state index contributed by atoms with van der Waals surface area (Å²) in [5, 5.41) is 10.2. The van der Waals surface area contributed by atoms with E-state index in [0.29, 0.717) is 0 Å². The normalized spacial score (nSPS) is 11.4. The molecule has 18 heavy (non-hydrogen) atoms. The molecule has 2 heterocycles. The van der Waals surface area contributed by atoms with E-state index in [-0.39, 0.29) is 0 Å². The van der Waals surface area contributed by atoms with Gasteiger partial charge in [0, 0.05) is 18.6 Å². The van der Waals surface area contributed by atoms with Gasteiger partial charge in [-0.2, -0.15) is 0 Å². The Morgan fingerprint density at radius 3 is 2.83 bits per heavy atom. The molecule has 3 rings (SSSR count). The molecule has 0 unspecified atom stereocenters. The van der Waals surface area contributed by atoms with Gasteiger partial charge in [0.25, 0.3) is 0 Å². The highest BCUT2D eigenvalue weighted by Crippen LogP contribution is 2.17. The highest BCUT2D eigenvalue weighted by atomic mass is 15.4. The minimum absolute atomic E-state index is 0.826. The van der Waals surface area contributed by atoms with Gasteiger partial charge in [-0.05, 0) is 23.6 Å². The van der Waals surface area contributed by atoms with E-state index in [9.17, 15) is 0 Å². The number of hydrogen-bond donors (Lipinski definition) is 0. The predicted octanol–water partition coefficient (Wildman–Crippen LogP) is 2.53. The molecule has 0 N–H and O–H groups in total. The molecule has 0 aliphatic heterocycles. The van der Waals surface area contributed by atoms with Gasteiger partial charge in [0.15, 0.2) is 0 Å². The first-order valence-corrected chi connectivity index (χ1v) is 5.71. The van der Waals surface area contributed by atoms with Gasteiger partial charge in [-0.1, -0.05) is 29.5 Å². The highest BCUT2D eigenvalue weighted by molar-refractivity contribution is 5.90. The van der Waals surface area contributed by atoms with Crippen LogP contribution in [0.15, 0.2) is 42.7 Å². The van der Waals surface area contributed by atoms with E-state index in [1.54, 1.807) is 4.68 Å². The largest absolute Gasteiger partial charge is 0.256 e. The Labute approximate surface area is 105 Å². The monoisotopic (exact) mass is 236 g/mol. The van der Waals surface area contributed by atoms with Crippen molar-refractivity contribution in [3.63, 3.8) is 0 Å². The van der Waals surface area contributed by atoms with Crippen LogP contribution in [0.3, 0.4) is 0 Å². The molecule has 4 nitrogen and oxygen atoms in total. The number of nitrogens with zero attached hydrogens (tertiary/aromatic N) is 4. The Kier molecular flexibility index (Phi) is 2.61. The smallest absolute Gasteiger partial charge is 0.105 e. The molecule has 0 amide bonds. The number of aryl methyl sites for hydroxylation is 1. The summed E-state index contributed by atoms with van der Waals surface area (Å²) in [5.41, 5.74) is 1.77. The second kappa shape index (κ2) is 4.41. The molecule has 0 bridgehead atoms. The summed E-state index contributed by atoms with van der Waals surface area (Å²) < 4.78 is 1.68. The molecule has 0 spiro atoms. The van der Waals surface area contributed by atoms with Crippen LogP contribution in [-0.2, 0) is 7.05 Å². The first-order valence-electron chi connectivity index (χ1n) is 5.71. The van der Waals surface area contributed by atoms with Crippen molar-refractivity contribution in [2.75, 3.05) is 0 Å². The Balaban J connectivity index is 2.02. The van der Waals surface area contributed by atoms with Crippen LogP contribution in [0.4, 0.5) is 0 Å². The van der Waals surface area contributed by atoms with Gasteiger partial charge in [-0.3, -0.25) is 9.67 Å². The second-order valence-corrected chi connectivity index (χ2v) is 4.07. The van der Waals surface area contributed by atoms with E-state index in [0.717, 1.165) is 16.8 Å². The summed E-state index contributed by atoms with van der Waals surface area (Å²) in [4.78, 5) is 4.39. The zero-order valence-corrected chi connectivity index (χ0v) is 9.99. The fraction of sp³-hybridized carbons (Fsp3) is 0.0714. The molecule has 2 aromatic heterocycles. The zero-order chi connectivity index (χ0) is 12.4. The molecule has 0 aliphatic rings. The van der Waals surface area contributed by atoms with Gasteiger partial charge >= 0.3 is 0 Å². The lowest BCUT2D eigenvalue weighted by molar-refractivity contribution is 0.714. The molecule has 0 saturated heterocycles. The first kappa shape index (κ1) is 10.7. The standard InChI is InChI=1S/C14H12N4/c1-18-10-12(16-17-18)6-7-14-13-5-3-2-4-11(13)8-9-15-14/h2-10H,1H3/b7-6+. The van der Waals surface area contributed by atoms with Gasteiger partial charge in [0.2, 0.25) is 0 Å². The number of hydrogen-bond acceptors (Lipinski definition) is 3. The predicted molar refractivity (Wildman–Crippen MR) is 71.7 cm³/mol. The number of aromatic nitrogens is 4. The second-order valence-electron chi connectivity index (χ2n) is 4.07. The van der Waals surface area contributed by atoms with Gasteiger partial charge in [-0.15, -0.1) is 5.10 Å². The number of rotatable bonds is 2. The topological polar surface area (TPSA) is 43.6 Å². The van der Waals surface area contributed by atoms with Crippen LogP contribution in [0.2, 0.25) is 0 Å². The molecule has 88 valence electrons. The fourth-order valence-electron chi connectivity index (χ4n) is 1.88. The van der Waals surface area contributed by atoms with Crippen LogP contribution in [0.5, 0.6) is 0 Å².